The Kier molecular flexibility index (Phi) is 7.77. The molecule has 3 heterocycles. The summed E-state index contributed by atoms with van der Waals surface area (Å²) in [5.41, 5.74) is -0.401. The van der Waals surface area contributed by atoms with Crippen LogP contribution in [0, 0.1) is 0 Å². The van der Waals surface area contributed by atoms with Crippen molar-refractivity contribution in [3.05, 3.63) is 12.2 Å². The summed E-state index contributed by atoms with van der Waals surface area (Å²) in [4.78, 5) is 29.5. The molecule has 1 N–H and O–H groups in total. The van der Waals surface area contributed by atoms with E-state index in [0.717, 1.165) is 19.4 Å². The lowest BCUT2D eigenvalue weighted by Gasteiger charge is -2.31. The lowest BCUT2D eigenvalue weighted by molar-refractivity contribution is -0.192. The fourth-order valence-electron chi connectivity index (χ4n) is 3.31. The smallest absolute Gasteiger partial charge is 0.475 e. The number of carbonyl (C=O) groups excluding carboxylic acids is 1. The normalized spacial score (nSPS) is 24.5. The minimum atomic E-state index is -5.08. The number of amides is 1. The summed E-state index contributed by atoms with van der Waals surface area (Å²) in [5, 5.41) is 11.2. The van der Waals surface area contributed by atoms with E-state index >= 15 is 0 Å². The van der Waals surface area contributed by atoms with Gasteiger partial charge in [0.15, 0.2) is 0 Å². The molecule has 0 aliphatic carbocycles. The van der Waals surface area contributed by atoms with Crippen LogP contribution in [0.4, 0.5) is 13.2 Å². The minimum Gasteiger partial charge on any atom is -0.475 e. The second-order valence-electron chi connectivity index (χ2n) is 7.55. The number of alkyl halides is 3. The minimum absolute atomic E-state index is 0.157. The molecule has 0 radical (unpaired) electrons. The first-order chi connectivity index (χ1) is 13.9. The van der Waals surface area contributed by atoms with Gasteiger partial charge in [-0.2, -0.15) is 13.2 Å². The van der Waals surface area contributed by atoms with Gasteiger partial charge in [0.25, 0.3) is 5.91 Å². The third-order valence-electron chi connectivity index (χ3n) is 4.58. The van der Waals surface area contributed by atoms with Crippen LogP contribution in [-0.4, -0.2) is 106 Å². The maximum absolute atomic E-state index is 12.6. The highest BCUT2D eigenvalue weighted by atomic mass is 19.4. The molecule has 1 spiro atoms. The van der Waals surface area contributed by atoms with Crippen molar-refractivity contribution < 1.29 is 37.3 Å². The summed E-state index contributed by atoms with van der Waals surface area (Å²) in [6.07, 6.45) is -1.45. The Balaban J connectivity index is 0.000000396. The molecule has 1 aromatic rings. The van der Waals surface area contributed by atoms with Gasteiger partial charge in [0.2, 0.25) is 5.82 Å². The maximum Gasteiger partial charge on any atom is 0.490 e. The van der Waals surface area contributed by atoms with E-state index in [0.29, 0.717) is 26.3 Å². The standard InChI is InChI=1S/C15H25N5O3.C2HF3O2/c1-18(2)8-12-4-5-15(23-12)9-20(6-7-22-10-15)14(21)13-16-11-19(3)17-13;3-2(4,5)1(6)7/h11-12H,4-10H2,1-3H3;(H,6,7). The first-order valence-corrected chi connectivity index (χ1v) is 9.27. The van der Waals surface area contributed by atoms with Gasteiger partial charge in [0, 0.05) is 20.1 Å². The monoisotopic (exact) mass is 437 g/mol. The molecule has 2 aliphatic rings. The molecule has 2 aliphatic heterocycles. The Morgan fingerprint density at radius 2 is 2.07 bits per heavy atom. The van der Waals surface area contributed by atoms with E-state index in [2.05, 4.69) is 15.0 Å². The predicted octanol–water partition coefficient (Wildman–Crippen LogP) is 0.400. The van der Waals surface area contributed by atoms with E-state index in [9.17, 15) is 18.0 Å². The molecule has 2 atom stereocenters. The molecular weight excluding hydrogens is 411 g/mol. The van der Waals surface area contributed by atoms with Gasteiger partial charge in [-0.05, 0) is 26.9 Å². The highest BCUT2D eigenvalue weighted by molar-refractivity contribution is 5.90. The van der Waals surface area contributed by atoms with Crippen molar-refractivity contribution in [1.29, 1.82) is 0 Å². The number of likely N-dealkylation sites (N-methyl/N-ethyl adjacent to an activating group) is 1. The van der Waals surface area contributed by atoms with Crippen LogP contribution in [0.2, 0.25) is 0 Å². The highest BCUT2D eigenvalue weighted by Crippen LogP contribution is 2.33. The molecule has 1 amide bonds. The number of aryl methyl sites for hydroxylation is 1. The SMILES string of the molecule is CN(C)CC1CCC2(COCCN(C(=O)c3ncn(C)n3)C2)O1.O=C(O)C(F)(F)F. The van der Waals surface area contributed by atoms with Gasteiger partial charge in [0.1, 0.15) is 11.9 Å². The average molecular weight is 437 g/mol. The average Bonchev–Trinajstić information content (AvgIpc) is 3.16. The van der Waals surface area contributed by atoms with E-state index in [-0.39, 0.29) is 17.8 Å². The largest absolute Gasteiger partial charge is 0.490 e. The quantitative estimate of drug-likeness (QED) is 0.724. The Morgan fingerprint density at radius 1 is 1.40 bits per heavy atom. The van der Waals surface area contributed by atoms with Crippen LogP contribution in [0.25, 0.3) is 0 Å². The van der Waals surface area contributed by atoms with E-state index in [1.807, 2.05) is 14.1 Å². The molecule has 1 aromatic heterocycles. The summed E-state index contributed by atoms with van der Waals surface area (Å²) in [7, 11) is 5.84. The number of halogens is 3. The van der Waals surface area contributed by atoms with Crippen molar-refractivity contribution in [2.45, 2.75) is 30.7 Å². The van der Waals surface area contributed by atoms with Crippen LogP contribution < -0.4 is 0 Å². The first-order valence-electron chi connectivity index (χ1n) is 9.27. The van der Waals surface area contributed by atoms with Crippen molar-refractivity contribution in [2.75, 3.05) is 46.9 Å². The number of ether oxygens (including phenoxy) is 2. The summed E-state index contributed by atoms with van der Waals surface area (Å²) < 4.78 is 45.3. The van der Waals surface area contributed by atoms with Crippen molar-refractivity contribution >= 4 is 11.9 Å². The van der Waals surface area contributed by atoms with E-state index < -0.39 is 17.7 Å². The predicted molar refractivity (Wildman–Crippen MR) is 96.8 cm³/mol. The topological polar surface area (TPSA) is 110 Å². The second kappa shape index (κ2) is 9.71. The zero-order valence-corrected chi connectivity index (χ0v) is 17.1. The molecule has 170 valence electrons. The molecule has 0 aromatic carbocycles. The van der Waals surface area contributed by atoms with Gasteiger partial charge in [-0.1, -0.05) is 0 Å². The summed E-state index contributed by atoms with van der Waals surface area (Å²) in [6.45, 7) is 3.02. The van der Waals surface area contributed by atoms with Gasteiger partial charge in [-0.15, -0.1) is 5.10 Å². The molecule has 2 unspecified atom stereocenters. The molecular formula is C17H26F3N5O5. The Morgan fingerprint density at radius 3 is 2.60 bits per heavy atom. The third-order valence-corrected chi connectivity index (χ3v) is 4.58. The molecule has 3 rings (SSSR count). The number of carbonyl (C=O) groups is 2. The fourth-order valence-corrected chi connectivity index (χ4v) is 3.31. The highest BCUT2D eigenvalue weighted by Gasteiger charge is 2.44. The summed E-state index contributed by atoms with van der Waals surface area (Å²) in [6, 6.07) is 0. The van der Waals surface area contributed by atoms with Crippen molar-refractivity contribution in [3.63, 3.8) is 0 Å². The first kappa shape index (κ1) is 24.0. The molecule has 2 fully saturated rings. The van der Waals surface area contributed by atoms with Gasteiger partial charge < -0.3 is 24.4 Å². The summed E-state index contributed by atoms with van der Waals surface area (Å²) in [5.74, 6) is -2.69. The molecule has 0 bridgehead atoms. The summed E-state index contributed by atoms with van der Waals surface area (Å²) >= 11 is 0. The molecule has 10 nitrogen and oxygen atoms in total. The van der Waals surface area contributed by atoms with Crippen molar-refractivity contribution in [3.8, 4) is 0 Å². The number of carboxylic acids is 1. The Hall–Kier alpha value is -2.25. The van der Waals surface area contributed by atoms with Crippen LogP contribution in [0.5, 0.6) is 0 Å². The molecule has 0 saturated carbocycles. The van der Waals surface area contributed by atoms with E-state index in [1.54, 1.807) is 11.9 Å². The third kappa shape index (κ3) is 6.64. The fraction of sp³-hybridized carbons (Fsp3) is 0.765. The van der Waals surface area contributed by atoms with Crippen molar-refractivity contribution in [1.82, 2.24) is 24.6 Å². The van der Waals surface area contributed by atoms with Gasteiger partial charge in [0.05, 0.1) is 25.9 Å². The Bertz CT molecular complexity index is 742. The van der Waals surface area contributed by atoms with Crippen LogP contribution in [0.1, 0.15) is 23.5 Å². The van der Waals surface area contributed by atoms with Gasteiger partial charge >= 0.3 is 12.1 Å². The number of nitrogens with zero attached hydrogens (tertiary/aromatic N) is 5. The van der Waals surface area contributed by atoms with Gasteiger partial charge in [-0.25, -0.2) is 9.78 Å². The number of hydrogen-bond donors (Lipinski definition) is 1. The lowest BCUT2D eigenvalue weighted by atomic mass is 10.00. The van der Waals surface area contributed by atoms with Crippen LogP contribution in [-0.2, 0) is 21.3 Å². The number of aliphatic carboxylic acids is 1. The number of aromatic nitrogens is 3. The van der Waals surface area contributed by atoms with E-state index in [1.165, 1.54) is 11.0 Å². The number of carboxylic acid groups (broad SMARTS) is 1. The van der Waals surface area contributed by atoms with E-state index in [4.69, 9.17) is 19.4 Å². The van der Waals surface area contributed by atoms with Crippen LogP contribution in [0.3, 0.4) is 0 Å². The zero-order chi connectivity index (χ0) is 22.5. The lowest BCUT2D eigenvalue weighted by Crippen LogP contribution is -2.47. The van der Waals surface area contributed by atoms with Crippen LogP contribution >= 0.6 is 0 Å². The Labute approximate surface area is 171 Å². The van der Waals surface area contributed by atoms with Gasteiger partial charge in [-0.3, -0.25) is 9.48 Å². The van der Waals surface area contributed by atoms with Crippen LogP contribution in [0.15, 0.2) is 6.33 Å². The molecule has 30 heavy (non-hydrogen) atoms. The number of rotatable bonds is 3. The van der Waals surface area contributed by atoms with Crippen molar-refractivity contribution in [2.24, 2.45) is 7.05 Å². The zero-order valence-electron chi connectivity index (χ0n) is 17.1. The number of hydrogen-bond acceptors (Lipinski definition) is 7. The maximum atomic E-state index is 12.6. The molecule has 13 heteroatoms. The molecule has 2 saturated heterocycles. The second-order valence-corrected chi connectivity index (χ2v) is 7.55.